The highest BCUT2D eigenvalue weighted by atomic mass is 19.2. The number of ether oxygens (including phenoxy) is 3. The molecule has 0 saturated heterocycles. The van der Waals surface area contributed by atoms with Gasteiger partial charge in [-0.25, -0.2) is 17.6 Å². The lowest BCUT2D eigenvalue weighted by molar-refractivity contribution is -0.302. The van der Waals surface area contributed by atoms with E-state index < -0.39 is 29.7 Å². The molecular formula is C26H42F4O3. The highest BCUT2D eigenvalue weighted by Gasteiger charge is 2.19. The van der Waals surface area contributed by atoms with Crippen LogP contribution in [0.2, 0.25) is 0 Å². The van der Waals surface area contributed by atoms with Crippen molar-refractivity contribution >= 4 is 0 Å². The van der Waals surface area contributed by atoms with E-state index in [1.54, 1.807) is 0 Å². The van der Waals surface area contributed by atoms with Crippen LogP contribution < -0.4 is 0 Å². The fourth-order valence-corrected chi connectivity index (χ4v) is 3.83. The van der Waals surface area contributed by atoms with E-state index in [1.165, 1.54) is 38.5 Å². The van der Waals surface area contributed by atoms with Gasteiger partial charge in [-0.1, -0.05) is 64.7 Å². The summed E-state index contributed by atoms with van der Waals surface area (Å²) >= 11 is 0. The van der Waals surface area contributed by atoms with E-state index in [2.05, 4.69) is 6.92 Å². The van der Waals surface area contributed by atoms with Crippen LogP contribution in [0.3, 0.4) is 0 Å². The highest BCUT2D eigenvalue weighted by molar-refractivity contribution is 5.21. The number of halogens is 4. The Labute approximate surface area is 197 Å². The summed E-state index contributed by atoms with van der Waals surface area (Å²) in [6.45, 7) is 6.29. The SMILES string of the molecule is CCCCCCCCCC(CCCCCc1cc(F)c(F)c(F)c1F)OC(OCC)OCC. The molecule has 0 bridgehead atoms. The first-order chi connectivity index (χ1) is 15.9. The van der Waals surface area contributed by atoms with Crippen LogP contribution in [0.25, 0.3) is 0 Å². The minimum atomic E-state index is -1.76. The molecule has 1 aromatic rings. The maximum atomic E-state index is 13.8. The van der Waals surface area contributed by atoms with Crippen LogP contribution in [0.5, 0.6) is 0 Å². The van der Waals surface area contributed by atoms with Gasteiger partial charge in [0.15, 0.2) is 23.3 Å². The van der Waals surface area contributed by atoms with E-state index in [9.17, 15) is 17.6 Å². The number of aryl methyl sites for hydroxylation is 1. The Kier molecular flexibility index (Phi) is 16.5. The summed E-state index contributed by atoms with van der Waals surface area (Å²) < 4.78 is 70.8. The minimum absolute atomic E-state index is 0.0128. The van der Waals surface area contributed by atoms with Crippen molar-refractivity contribution in [3.05, 3.63) is 34.9 Å². The summed E-state index contributed by atoms with van der Waals surface area (Å²) in [7, 11) is 0. The topological polar surface area (TPSA) is 27.7 Å². The van der Waals surface area contributed by atoms with Gasteiger partial charge in [-0.15, -0.1) is 0 Å². The van der Waals surface area contributed by atoms with Crippen molar-refractivity contribution in [2.24, 2.45) is 0 Å². The van der Waals surface area contributed by atoms with Gasteiger partial charge in [0, 0.05) is 13.2 Å². The Morgan fingerprint density at radius 2 is 1.21 bits per heavy atom. The standard InChI is InChI=1S/C26H42F4O3/c1-4-7-8-9-10-11-14-17-21(33-26(31-5-2)32-6-3)18-15-12-13-16-20-19-22(27)24(29)25(30)23(20)28/h19,21,26H,4-18H2,1-3H3. The molecule has 1 aromatic carbocycles. The van der Waals surface area contributed by atoms with Crippen LogP contribution in [0.4, 0.5) is 17.6 Å². The summed E-state index contributed by atoms with van der Waals surface area (Å²) in [4.78, 5) is 0. The van der Waals surface area contributed by atoms with E-state index in [-0.39, 0.29) is 18.1 Å². The average molecular weight is 479 g/mol. The third kappa shape index (κ3) is 12.2. The zero-order valence-corrected chi connectivity index (χ0v) is 20.6. The zero-order valence-electron chi connectivity index (χ0n) is 20.6. The maximum Gasteiger partial charge on any atom is 0.271 e. The molecule has 0 fully saturated rings. The molecule has 3 nitrogen and oxygen atoms in total. The van der Waals surface area contributed by atoms with Crippen LogP contribution in [-0.2, 0) is 20.6 Å². The average Bonchev–Trinajstić information content (AvgIpc) is 2.80. The van der Waals surface area contributed by atoms with E-state index in [4.69, 9.17) is 14.2 Å². The van der Waals surface area contributed by atoms with Crippen molar-refractivity contribution in [1.29, 1.82) is 0 Å². The fourth-order valence-electron chi connectivity index (χ4n) is 3.83. The molecule has 0 aliphatic rings. The van der Waals surface area contributed by atoms with E-state index in [1.807, 2.05) is 13.8 Å². The quantitative estimate of drug-likeness (QED) is 0.0621. The molecule has 0 N–H and O–H groups in total. The number of rotatable bonds is 20. The fraction of sp³-hybridized carbons (Fsp3) is 0.769. The predicted molar refractivity (Wildman–Crippen MR) is 123 cm³/mol. The molecule has 0 saturated carbocycles. The summed E-state index contributed by atoms with van der Waals surface area (Å²) in [5.41, 5.74) is -0.130. The highest BCUT2D eigenvalue weighted by Crippen LogP contribution is 2.22. The van der Waals surface area contributed by atoms with Gasteiger partial charge in [-0.05, 0) is 51.2 Å². The van der Waals surface area contributed by atoms with Gasteiger partial charge >= 0.3 is 0 Å². The summed E-state index contributed by atoms with van der Waals surface area (Å²) in [5.74, 6) is -6.17. The molecule has 0 aliphatic carbocycles. The lowest BCUT2D eigenvalue weighted by Crippen LogP contribution is -2.27. The first-order valence-corrected chi connectivity index (χ1v) is 12.6. The van der Waals surface area contributed by atoms with Crippen molar-refractivity contribution in [3.8, 4) is 0 Å². The molecule has 0 aliphatic heterocycles. The second-order valence-electron chi connectivity index (χ2n) is 8.43. The van der Waals surface area contributed by atoms with Crippen molar-refractivity contribution in [1.82, 2.24) is 0 Å². The molecule has 33 heavy (non-hydrogen) atoms. The molecule has 192 valence electrons. The Morgan fingerprint density at radius 1 is 0.667 bits per heavy atom. The lowest BCUT2D eigenvalue weighted by Gasteiger charge is -2.24. The molecule has 0 aromatic heterocycles. The van der Waals surface area contributed by atoms with Gasteiger partial charge in [-0.2, -0.15) is 0 Å². The predicted octanol–water partition coefficient (Wildman–Crippen LogP) is 8.23. The van der Waals surface area contributed by atoms with Gasteiger partial charge in [-0.3, -0.25) is 0 Å². The van der Waals surface area contributed by atoms with Crippen LogP contribution in [-0.4, -0.2) is 25.8 Å². The monoisotopic (exact) mass is 478 g/mol. The van der Waals surface area contributed by atoms with Gasteiger partial charge in [0.05, 0.1) is 6.10 Å². The third-order valence-electron chi connectivity index (χ3n) is 5.69. The Hall–Kier alpha value is -1.18. The largest absolute Gasteiger partial charge is 0.330 e. The zero-order chi connectivity index (χ0) is 24.5. The minimum Gasteiger partial charge on any atom is -0.330 e. The molecule has 1 unspecified atom stereocenters. The van der Waals surface area contributed by atoms with Gasteiger partial charge in [0.2, 0.25) is 0 Å². The molecule has 0 spiro atoms. The number of hydrogen-bond acceptors (Lipinski definition) is 3. The lowest BCUT2D eigenvalue weighted by atomic mass is 10.0. The van der Waals surface area contributed by atoms with Crippen molar-refractivity contribution in [2.45, 2.75) is 117 Å². The summed E-state index contributed by atoms with van der Waals surface area (Å²) in [6, 6.07) is 0.745. The molecular weight excluding hydrogens is 436 g/mol. The summed E-state index contributed by atoms with van der Waals surface area (Å²) in [6.07, 6.45) is 12.5. The van der Waals surface area contributed by atoms with E-state index in [0.717, 1.165) is 38.2 Å². The molecule has 0 heterocycles. The number of unbranched alkanes of at least 4 members (excludes halogenated alkanes) is 8. The molecule has 0 amide bonds. The summed E-state index contributed by atoms with van der Waals surface area (Å²) in [5, 5.41) is 0. The molecule has 1 rings (SSSR count). The van der Waals surface area contributed by atoms with Gasteiger partial charge in [0.25, 0.3) is 6.48 Å². The normalized spacial score (nSPS) is 12.6. The van der Waals surface area contributed by atoms with Crippen molar-refractivity contribution < 1.29 is 31.8 Å². The van der Waals surface area contributed by atoms with Crippen molar-refractivity contribution in [2.75, 3.05) is 13.2 Å². The van der Waals surface area contributed by atoms with Crippen LogP contribution >= 0.6 is 0 Å². The smallest absolute Gasteiger partial charge is 0.271 e. The van der Waals surface area contributed by atoms with E-state index >= 15 is 0 Å². The second-order valence-corrected chi connectivity index (χ2v) is 8.43. The third-order valence-corrected chi connectivity index (χ3v) is 5.69. The van der Waals surface area contributed by atoms with Crippen LogP contribution in [0, 0.1) is 23.3 Å². The van der Waals surface area contributed by atoms with Crippen molar-refractivity contribution in [3.63, 3.8) is 0 Å². The molecule has 7 heteroatoms. The Balaban J connectivity index is 2.46. The maximum absolute atomic E-state index is 13.8. The Bertz CT molecular complexity index is 636. The first kappa shape index (κ1) is 29.9. The van der Waals surface area contributed by atoms with Gasteiger partial charge in [0.1, 0.15) is 0 Å². The molecule has 0 radical (unpaired) electrons. The van der Waals surface area contributed by atoms with E-state index in [0.29, 0.717) is 19.6 Å². The van der Waals surface area contributed by atoms with Crippen LogP contribution in [0.1, 0.15) is 103 Å². The van der Waals surface area contributed by atoms with Gasteiger partial charge < -0.3 is 14.2 Å². The Morgan fingerprint density at radius 3 is 1.79 bits per heavy atom. The van der Waals surface area contributed by atoms with Crippen LogP contribution in [0.15, 0.2) is 6.07 Å². The first-order valence-electron chi connectivity index (χ1n) is 12.6. The number of benzene rings is 1. The number of hydrogen-bond donors (Lipinski definition) is 0. The second kappa shape index (κ2) is 18.2. The molecule has 1 atom stereocenters.